The summed E-state index contributed by atoms with van der Waals surface area (Å²) < 4.78 is 0. The molecule has 0 fully saturated rings. The number of allylic oxidation sites excluding steroid dienone is 16. The number of rotatable bonds is 0. The van der Waals surface area contributed by atoms with Crippen LogP contribution in [-0.2, 0) is 0 Å². The van der Waals surface area contributed by atoms with E-state index in [0.29, 0.717) is 0 Å². The van der Waals surface area contributed by atoms with Crippen molar-refractivity contribution in [3.05, 3.63) is 97.2 Å². The van der Waals surface area contributed by atoms with Crippen LogP contribution in [0.2, 0.25) is 0 Å². The Labute approximate surface area is 161 Å². The van der Waals surface area contributed by atoms with Crippen LogP contribution < -0.4 is 0 Å². The van der Waals surface area contributed by atoms with E-state index < -0.39 is 0 Å². The molecule has 0 N–H and O–H groups in total. The van der Waals surface area contributed by atoms with E-state index in [1.165, 1.54) is 57.8 Å². The molecule has 0 atom stereocenters. The van der Waals surface area contributed by atoms with E-state index in [2.05, 4.69) is 36.5 Å². The molecule has 1 rings (SSSR count). The molecule has 1 aliphatic rings. The lowest BCUT2D eigenvalue weighted by Gasteiger charge is -2.00. The van der Waals surface area contributed by atoms with Gasteiger partial charge in [0.1, 0.15) is 0 Å². The van der Waals surface area contributed by atoms with Gasteiger partial charge in [-0.2, -0.15) is 0 Å². The summed E-state index contributed by atoms with van der Waals surface area (Å²) in [6, 6.07) is 0. The lowest BCUT2D eigenvalue weighted by atomic mass is 10.1. The predicted molar refractivity (Wildman–Crippen MR) is 118 cm³/mol. The van der Waals surface area contributed by atoms with Crippen molar-refractivity contribution in [1.29, 1.82) is 0 Å². The van der Waals surface area contributed by atoms with E-state index in [4.69, 9.17) is 0 Å². The Morgan fingerprint density at radius 2 is 0.808 bits per heavy atom. The number of hydrogen-bond acceptors (Lipinski definition) is 0. The fourth-order valence-corrected chi connectivity index (χ4v) is 2.64. The van der Waals surface area contributed by atoms with Crippen LogP contribution in [0.5, 0.6) is 0 Å². The van der Waals surface area contributed by atoms with Crippen LogP contribution >= 0.6 is 0 Å². The van der Waals surface area contributed by atoms with Gasteiger partial charge in [0.25, 0.3) is 0 Å². The molecule has 0 bridgehead atoms. The molecule has 0 spiro atoms. The summed E-state index contributed by atoms with van der Waals surface area (Å²) >= 11 is 0. The molecule has 0 aromatic carbocycles. The van der Waals surface area contributed by atoms with Crippen molar-refractivity contribution in [2.45, 2.75) is 64.2 Å². The second-order valence-corrected chi connectivity index (χ2v) is 6.48. The van der Waals surface area contributed by atoms with Gasteiger partial charge in [0.15, 0.2) is 0 Å². The van der Waals surface area contributed by atoms with Crippen LogP contribution in [0.1, 0.15) is 64.2 Å². The van der Waals surface area contributed by atoms with Crippen molar-refractivity contribution in [1.82, 2.24) is 0 Å². The summed E-state index contributed by atoms with van der Waals surface area (Å²) in [6.07, 6.45) is 47.5. The van der Waals surface area contributed by atoms with Crippen LogP contribution in [-0.4, -0.2) is 0 Å². The average molecular weight is 348 g/mol. The van der Waals surface area contributed by atoms with Crippen LogP contribution in [0.4, 0.5) is 0 Å². The normalized spacial score (nSPS) is 28.9. The zero-order valence-corrected chi connectivity index (χ0v) is 16.2. The smallest absolute Gasteiger partial charge is 0.0276 e. The van der Waals surface area contributed by atoms with Gasteiger partial charge in [-0.25, -0.2) is 0 Å². The van der Waals surface area contributed by atoms with Gasteiger partial charge < -0.3 is 0 Å². The molecule has 0 nitrogen and oxygen atoms in total. The van der Waals surface area contributed by atoms with Crippen molar-refractivity contribution in [3.63, 3.8) is 0 Å². The molecule has 0 saturated heterocycles. The van der Waals surface area contributed by atoms with E-state index in [1.54, 1.807) is 0 Å². The van der Waals surface area contributed by atoms with Crippen molar-refractivity contribution < 1.29 is 0 Å². The lowest BCUT2D eigenvalue weighted by Crippen LogP contribution is -1.81. The molecule has 0 heterocycles. The van der Waals surface area contributed by atoms with Gasteiger partial charge >= 0.3 is 0 Å². The van der Waals surface area contributed by atoms with Crippen LogP contribution in [0.15, 0.2) is 91.1 Å². The minimum Gasteiger partial charge on any atom is -0.0845 e. The first-order valence-electron chi connectivity index (χ1n) is 10.2. The lowest BCUT2D eigenvalue weighted by molar-refractivity contribution is 0.570. The Balaban J connectivity index is 2.39. The number of hydrogen-bond donors (Lipinski definition) is 0. The van der Waals surface area contributed by atoms with E-state index in [-0.39, 0.29) is 0 Å². The average Bonchev–Trinajstić information content (AvgIpc) is 2.65. The van der Waals surface area contributed by atoms with Crippen molar-refractivity contribution in [3.8, 4) is 0 Å². The minimum absolute atomic E-state index is 1.08. The molecule has 0 amide bonds. The maximum absolute atomic E-state index is 3.35. The standard InChI is InChI=1S/C26H35/c1-2-4-6-8-10-12-14-16-18-20-22-24-26-25-23-21-19-17-15-13-11-9-7-5-3-1/h1-15H,16,18-26H2/b2-1-,5-3-,6-4-,9-7-,10-8-,13-11-,14-12-,17-15?. The van der Waals surface area contributed by atoms with Crippen LogP contribution in [0.3, 0.4) is 0 Å². The van der Waals surface area contributed by atoms with Gasteiger partial charge in [-0.15, -0.1) is 0 Å². The summed E-state index contributed by atoms with van der Waals surface area (Å²) in [6.45, 7) is 0. The fourth-order valence-electron chi connectivity index (χ4n) is 2.64. The van der Waals surface area contributed by atoms with Gasteiger partial charge in [-0.05, 0) is 31.8 Å². The Morgan fingerprint density at radius 1 is 0.385 bits per heavy atom. The largest absolute Gasteiger partial charge is 0.0845 e. The summed E-state index contributed by atoms with van der Waals surface area (Å²) in [5.41, 5.74) is 0. The van der Waals surface area contributed by atoms with Crippen molar-refractivity contribution >= 4 is 0 Å². The van der Waals surface area contributed by atoms with E-state index in [1.807, 2.05) is 60.8 Å². The summed E-state index contributed by atoms with van der Waals surface area (Å²) in [7, 11) is 0. The molecule has 1 radical (unpaired) electrons. The second kappa shape index (κ2) is 19.2. The highest BCUT2D eigenvalue weighted by molar-refractivity contribution is 5.21. The zero-order valence-electron chi connectivity index (χ0n) is 16.2. The first kappa shape index (κ1) is 22.0. The highest BCUT2D eigenvalue weighted by Crippen LogP contribution is 2.11. The molecular formula is C26H35. The van der Waals surface area contributed by atoms with Gasteiger partial charge in [-0.3, -0.25) is 0 Å². The fraction of sp³-hybridized carbons (Fsp3) is 0.385. The Morgan fingerprint density at radius 3 is 1.38 bits per heavy atom. The summed E-state index contributed by atoms with van der Waals surface area (Å²) in [4.78, 5) is 0. The molecule has 0 heteroatoms. The Hall–Kier alpha value is -2.08. The van der Waals surface area contributed by atoms with E-state index >= 15 is 0 Å². The minimum atomic E-state index is 1.08. The molecule has 0 aliphatic heterocycles. The predicted octanol–water partition coefficient (Wildman–Crippen LogP) is 8.15. The topological polar surface area (TPSA) is 0 Å². The first-order chi connectivity index (χ1) is 13.0. The van der Waals surface area contributed by atoms with Gasteiger partial charge in [-0.1, -0.05) is 130 Å². The molecule has 0 saturated carbocycles. The molecule has 0 aromatic rings. The zero-order chi connectivity index (χ0) is 18.4. The third-order valence-corrected chi connectivity index (χ3v) is 4.13. The molecule has 0 aromatic heterocycles. The molecule has 1 aliphatic carbocycles. The molecular weight excluding hydrogens is 312 g/mol. The van der Waals surface area contributed by atoms with E-state index in [9.17, 15) is 0 Å². The Bertz CT molecular complexity index is 482. The second-order valence-electron chi connectivity index (χ2n) is 6.48. The van der Waals surface area contributed by atoms with E-state index in [0.717, 1.165) is 6.42 Å². The maximum atomic E-state index is 3.35. The quantitative estimate of drug-likeness (QED) is 0.414. The highest BCUT2D eigenvalue weighted by Gasteiger charge is 1.91. The van der Waals surface area contributed by atoms with Crippen LogP contribution in [0, 0.1) is 6.08 Å². The third kappa shape index (κ3) is 16.8. The SMILES string of the molecule is [C]1=C/C=C\C=C/C=C\C=C/C=C\C=C/C=C\CCCCCCCCCC\1. The van der Waals surface area contributed by atoms with Crippen molar-refractivity contribution in [2.24, 2.45) is 0 Å². The monoisotopic (exact) mass is 347 g/mol. The van der Waals surface area contributed by atoms with Crippen molar-refractivity contribution in [2.75, 3.05) is 0 Å². The van der Waals surface area contributed by atoms with Gasteiger partial charge in [0.2, 0.25) is 0 Å². The molecule has 139 valence electrons. The summed E-state index contributed by atoms with van der Waals surface area (Å²) in [5.74, 6) is 0. The first-order valence-corrected chi connectivity index (χ1v) is 10.2. The summed E-state index contributed by atoms with van der Waals surface area (Å²) in [5, 5.41) is 0. The third-order valence-electron chi connectivity index (χ3n) is 4.13. The van der Waals surface area contributed by atoms with Gasteiger partial charge in [0, 0.05) is 0 Å². The Kier molecular flexibility index (Phi) is 16.3. The molecule has 26 heavy (non-hydrogen) atoms. The maximum Gasteiger partial charge on any atom is -0.0276 e. The highest BCUT2D eigenvalue weighted by atomic mass is 14.0. The molecule has 0 unspecified atom stereocenters. The van der Waals surface area contributed by atoms with Crippen LogP contribution in [0.25, 0.3) is 0 Å². The van der Waals surface area contributed by atoms with Gasteiger partial charge in [0.05, 0.1) is 0 Å².